The molecule has 0 aliphatic heterocycles. The van der Waals surface area contributed by atoms with E-state index >= 15 is 0 Å². The van der Waals surface area contributed by atoms with E-state index in [2.05, 4.69) is 0 Å². The monoisotopic (exact) mass is 340 g/mol. The number of amides is 1. The zero-order valence-corrected chi connectivity index (χ0v) is 14.6. The topological polar surface area (TPSA) is 97.5 Å². The molecule has 0 aromatic heterocycles. The molecule has 0 aliphatic rings. The molecule has 0 spiro atoms. The molecule has 1 atom stereocenters. The number of Topliss-reactive ketones (excluding diaryl/α,β-unsaturated/α-hetero) is 1. The first-order chi connectivity index (χ1) is 10.8. The van der Waals surface area contributed by atoms with Gasteiger partial charge in [0, 0.05) is 13.0 Å². The molecule has 7 heteroatoms. The predicted molar refractivity (Wildman–Crippen MR) is 89.1 cm³/mol. The van der Waals surface area contributed by atoms with Crippen molar-refractivity contribution < 1.29 is 18.0 Å². The molecule has 0 saturated heterocycles. The molecule has 2 N–H and O–H groups in total. The molecular weight excluding hydrogens is 316 g/mol. The number of primary amides is 1. The number of benzene rings is 1. The van der Waals surface area contributed by atoms with Crippen LogP contribution in [0.2, 0.25) is 0 Å². The van der Waals surface area contributed by atoms with E-state index in [0.29, 0.717) is 5.56 Å². The number of carbonyl (C=O) groups is 2. The number of carbonyl (C=O) groups excluding carboxylic acids is 2. The van der Waals surface area contributed by atoms with Crippen LogP contribution in [0.3, 0.4) is 0 Å². The average molecular weight is 340 g/mol. The van der Waals surface area contributed by atoms with Gasteiger partial charge in [0.25, 0.3) is 0 Å². The van der Waals surface area contributed by atoms with Crippen molar-refractivity contribution in [3.63, 3.8) is 0 Å². The summed E-state index contributed by atoms with van der Waals surface area (Å²) in [6.45, 7) is 5.15. The zero-order valence-electron chi connectivity index (χ0n) is 13.8. The van der Waals surface area contributed by atoms with Crippen molar-refractivity contribution in [2.24, 2.45) is 5.73 Å². The predicted octanol–water partition coefficient (Wildman–Crippen LogP) is 1.23. The first kappa shape index (κ1) is 19.3. The fourth-order valence-corrected chi connectivity index (χ4v) is 4.13. The smallest absolute Gasteiger partial charge is 0.243 e. The maximum Gasteiger partial charge on any atom is 0.243 e. The first-order valence-corrected chi connectivity index (χ1v) is 9.27. The fourth-order valence-electron chi connectivity index (χ4n) is 2.43. The highest BCUT2D eigenvalue weighted by Crippen LogP contribution is 2.16. The number of aryl methyl sites for hydroxylation is 1. The van der Waals surface area contributed by atoms with Crippen LogP contribution in [-0.2, 0) is 31.8 Å². The summed E-state index contributed by atoms with van der Waals surface area (Å²) in [7, 11) is -3.84. The second kappa shape index (κ2) is 8.21. The van der Waals surface area contributed by atoms with E-state index in [9.17, 15) is 18.0 Å². The van der Waals surface area contributed by atoms with Crippen molar-refractivity contribution in [1.82, 2.24) is 4.31 Å². The lowest BCUT2D eigenvalue weighted by atomic mass is 10.1. The maximum absolute atomic E-state index is 12.7. The number of nitrogens with two attached hydrogens (primary N) is 1. The van der Waals surface area contributed by atoms with E-state index in [0.717, 1.165) is 16.3 Å². The van der Waals surface area contributed by atoms with E-state index in [-0.39, 0.29) is 18.7 Å². The summed E-state index contributed by atoms with van der Waals surface area (Å²) in [4.78, 5) is 23.5. The summed E-state index contributed by atoms with van der Waals surface area (Å²) in [5.74, 6) is -1.70. The first-order valence-electron chi connectivity index (χ1n) is 7.66. The number of nitrogens with zero attached hydrogens (tertiary/aromatic N) is 1. The normalized spacial score (nSPS) is 13.0. The van der Waals surface area contributed by atoms with E-state index in [4.69, 9.17) is 5.73 Å². The average Bonchev–Trinajstić information content (AvgIpc) is 2.50. The minimum Gasteiger partial charge on any atom is -0.368 e. The van der Waals surface area contributed by atoms with Gasteiger partial charge in [-0.1, -0.05) is 45.0 Å². The molecule has 1 rings (SSSR count). The Bertz CT molecular complexity index is 670. The maximum atomic E-state index is 12.7. The van der Waals surface area contributed by atoms with Gasteiger partial charge in [0.2, 0.25) is 15.9 Å². The van der Waals surface area contributed by atoms with Gasteiger partial charge in [-0.05, 0) is 17.5 Å². The number of hydrogen-bond donors (Lipinski definition) is 1. The Kier molecular flexibility index (Phi) is 6.90. The molecule has 1 aromatic carbocycles. The van der Waals surface area contributed by atoms with Crippen LogP contribution in [0.1, 0.15) is 38.3 Å². The Labute approximate surface area is 137 Å². The molecule has 0 heterocycles. The third kappa shape index (κ3) is 4.87. The van der Waals surface area contributed by atoms with Gasteiger partial charge in [-0.3, -0.25) is 9.59 Å². The summed E-state index contributed by atoms with van der Waals surface area (Å²) < 4.78 is 26.2. The van der Waals surface area contributed by atoms with Crippen molar-refractivity contribution >= 4 is 21.7 Å². The molecule has 0 radical (unpaired) electrons. The quantitative estimate of drug-likeness (QED) is 0.684. The summed E-state index contributed by atoms with van der Waals surface area (Å²) >= 11 is 0. The van der Waals surface area contributed by atoms with Crippen LogP contribution in [0, 0.1) is 0 Å². The Hall–Kier alpha value is -1.73. The highest BCUT2D eigenvalue weighted by molar-refractivity contribution is 7.88. The van der Waals surface area contributed by atoms with Crippen LogP contribution in [0.15, 0.2) is 24.3 Å². The Morgan fingerprint density at radius 3 is 2.26 bits per heavy atom. The molecule has 0 fully saturated rings. The second-order valence-electron chi connectivity index (χ2n) is 5.26. The van der Waals surface area contributed by atoms with Gasteiger partial charge in [-0.15, -0.1) is 0 Å². The largest absolute Gasteiger partial charge is 0.368 e. The molecule has 23 heavy (non-hydrogen) atoms. The van der Waals surface area contributed by atoms with E-state index in [1.165, 1.54) is 0 Å². The van der Waals surface area contributed by atoms with Crippen LogP contribution in [0.5, 0.6) is 0 Å². The number of ketones is 1. The highest BCUT2D eigenvalue weighted by atomic mass is 32.2. The van der Waals surface area contributed by atoms with Crippen molar-refractivity contribution in [2.45, 2.75) is 45.4 Å². The minimum atomic E-state index is -3.84. The highest BCUT2D eigenvalue weighted by Gasteiger charge is 2.36. The molecule has 1 aromatic rings. The lowest BCUT2D eigenvalue weighted by molar-refractivity contribution is -0.131. The van der Waals surface area contributed by atoms with Gasteiger partial charge in [-0.25, -0.2) is 8.42 Å². The van der Waals surface area contributed by atoms with Crippen LogP contribution in [0.4, 0.5) is 0 Å². The summed E-state index contributed by atoms with van der Waals surface area (Å²) in [6, 6.07) is 5.80. The van der Waals surface area contributed by atoms with Crippen molar-refractivity contribution in [1.29, 1.82) is 0 Å². The Balaban J connectivity index is 3.15. The fraction of sp³-hybridized carbons (Fsp3) is 0.500. The number of hydrogen-bond acceptors (Lipinski definition) is 4. The van der Waals surface area contributed by atoms with Gasteiger partial charge >= 0.3 is 0 Å². The van der Waals surface area contributed by atoms with Crippen LogP contribution >= 0.6 is 0 Å². The van der Waals surface area contributed by atoms with E-state index in [1.807, 2.05) is 19.1 Å². The molecule has 0 aliphatic carbocycles. The number of sulfonamides is 1. The molecule has 128 valence electrons. The van der Waals surface area contributed by atoms with Crippen molar-refractivity contribution in [2.75, 3.05) is 6.54 Å². The Morgan fingerprint density at radius 2 is 1.78 bits per heavy atom. The van der Waals surface area contributed by atoms with Gasteiger partial charge in [0.05, 0.1) is 5.75 Å². The van der Waals surface area contributed by atoms with Crippen molar-refractivity contribution in [3.05, 3.63) is 35.4 Å². The molecule has 0 bridgehead atoms. The van der Waals surface area contributed by atoms with Gasteiger partial charge < -0.3 is 5.73 Å². The molecule has 1 amide bonds. The Morgan fingerprint density at radius 1 is 1.17 bits per heavy atom. The molecule has 6 nitrogen and oxygen atoms in total. The lowest BCUT2D eigenvalue weighted by Crippen LogP contribution is -2.52. The van der Waals surface area contributed by atoms with Gasteiger partial charge in [0.15, 0.2) is 11.8 Å². The lowest BCUT2D eigenvalue weighted by Gasteiger charge is -2.26. The molecular formula is C16H24N2O4S. The SMILES string of the molecule is CCC(=O)C(C(N)=O)N(CC)S(=O)(=O)Cc1cccc(CC)c1. The zero-order chi connectivity index (χ0) is 17.6. The van der Waals surface area contributed by atoms with Crippen LogP contribution < -0.4 is 5.73 Å². The van der Waals surface area contributed by atoms with E-state index in [1.54, 1.807) is 26.0 Å². The van der Waals surface area contributed by atoms with Crippen LogP contribution in [0.25, 0.3) is 0 Å². The number of likely N-dealkylation sites (N-methyl/N-ethyl adjacent to an activating group) is 1. The van der Waals surface area contributed by atoms with Gasteiger partial charge in [0.1, 0.15) is 0 Å². The summed E-state index contributed by atoms with van der Waals surface area (Å²) in [5.41, 5.74) is 6.90. The molecule has 1 unspecified atom stereocenters. The van der Waals surface area contributed by atoms with Crippen molar-refractivity contribution in [3.8, 4) is 0 Å². The standard InChI is InChI=1S/C16H24N2O4S/c1-4-12-8-7-9-13(10-12)11-23(21,22)18(6-3)15(16(17)20)14(19)5-2/h7-10,15H,4-6,11H2,1-3H3,(H2,17,20). The summed E-state index contributed by atoms with van der Waals surface area (Å²) in [6.07, 6.45) is 0.842. The third-order valence-electron chi connectivity index (χ3n) is 3.63. The van der Waals surface area contributed by atoms with Gasteiger partial charge in [-0.2, -0.15) is 4.31 Å². The summed E-state index contributed by atoms with van der Waals surface area (Å²) in [5, 5.41) is 0. The minimum absolute atomic E-state index is 0.00908. The van der Waals surface area contributed by atoms with E-state index < -0.39 is 27.8 Å². The molecule has 0 saturated carbocycles. The third-order valence-corrected chi connectivity index (χ3v) is 5.51. The number of rotatable bonds is 9. The van der Waals surface area contributed by atoms with Crippen LogP contribution in [-0.4, -0.2) is 37.0 Å². The second-order valence-corrected chi connectivity index (χ2v) is 7.18.